The van der Waals surface area contributed by atoms with Gasteiger partial charge in [-0.3, -0.25) is 9.69 Å². The average molecular weight is 637 g/mol. The summed E-state index contributed by atoms with van der Waals surface area (Å²) < 4.78 is 5.95. The maximum Gasteiger partial charge on any atom is 0.133 e. The number of nitrogens with zero attached hydrogens (tertiary/aromatic N) is 1. The molecule has 12 heteroatoms. The number of aliphatic hydroxyl groups is 3. The number of aliphatic hydroxyl groups excluding tert-OH is 2. The van der Waals surface area contributed by atoms with Gasteiger partial charge in [0.2, 0.25) is 0 Å². The second-order valence-electron chi connectivity index (χ2n) is 15.7. The first kappa shape index (κ1) is 35.7. The summed E-state index contributed by atoms with van der Waals surface area (Å²) in [5.74, 6) is -3.73. The van der Waals surface area contributed by atoms with E-state index in [0.29, 0.717) is 23.5 Å². The van der Waals surface area contributed by atoms with E-state index in [1.165, 1.54) is 0 Å². The maximum atomic E-state index is 12.4. The second-order valence-corrected chi connectivity index (χ2v) is 15.7. The number of hydrogen-bond acceptors (Lipinski definition) is 12. The molecule has 1 saturated heterocycles. The second kappa shape index (κ2) is 12.8. The third-order valence-corrected chi connectivity index (χ3v) is 12.3. The number of carbonyl (C=O) groups excluding carboxylic acids is 4. The molecule has 0 amide bonds. The zero-order valence-electron chi connectivity index (χ0n) is 27.2. The molecule has 12 nitrogen and oxygen atoms in total. The van der Waals surface area contributed by atoms with E-state index >= 15 is 0 Å². The zero-order chi connectivity index (χ0) is 33.7. The molecule has 0 radical (unpaired) electrons. The number of ether oxygens (including phenoxy) is 1. The number of fused-ring (bicyclic) bond motifs is 5. The van der Waals surface area contributed by atoms with Crippen LogP contribution in [-0.4, -0.2) is 93.1 Å². The normalized spacial score (nSPS) is 41.0. The molecule has 4 saturated carbocycles. The van der Waals surface area contributed by atoms with E-state index in [4.69, 9.17) is 9.84 Å². The zero-order valence-corrected chi connectivity index (χ0v) is 27.2. The minimum absolute atomic E-state index is 0.0442. The molecule has 0 spiro atoms. The van der Waals surface area contributed by atoms with Crippen LogP contribution in [0.2, 0.25) is 0 Å². The largest absolute Gasteiger partial charge is 0.550 e. The summed E-state index contributed by atoms with van der Waals surface area (Å²) >= 11 is 0. The van der Waals surface area contributed by atoms with Crippen molar-refractivity contribution in [2.75, 3.05) is 19.7 Å². The Morgan fingerprint density at radius 1 is 0.889 bits per heavy atom. The van der Waals surface area contributed by atoms with Crippen molar-refractivity contribution < 1.29 is 54.6 Å². The summed E-state index contributed by atoms with van der Waals surface area (Å²) in [5.41, 5.74) is -3.15. The van der Waals surface area contributed by atoms with E-state index in [-0.39, 0.29) is 46.5 Å². The molecule has 3 N–H and O–H groups in total. The average Bonchev–Trinajstić information content (AvgIpc) is 3.24. The van der Waals surface area contributed by atoms with Crippen molar-refractivity contribution in [3.63, 3.8) is 0 Å². The summed E-state index contributed by atoms with van der Waals surface area (Å²) in [6.07, 6.45) is 3.67. The quantitative estimate of drug-likeness (QED) is 0.289. The molecule has 45 heavy (non-hydrogen) atoms. The van der Waals surface area contributed by atoms with Gasteiger partial charge in [-0.25, -0.2) is 0 Å². The molecule has 4 aliphatic carbocycles. The molecule has 1 aliphatic heterocycles. The molecule has 0 bridgehead atoms. The number of Topliss-reactive ketones (excluding diaryl/α,β-unsaturated/α-hetero) is 1. The van der Waals surface area contributed by atoms with Crippen LogP contribution in [-0.2, 0) is 23.9 Å². The molecule has 5 aliphatic rings. The predicted octanol–water partition coefficient (Wildman–Crippen LogP) is -1.60. The molecule has 0 aromatic rings. The molecule has 0 aromatic carbocycles. The van der Waals surface area contributed by atoms with Gasteiger partial charge in [0.25, 0.3) is 0 Å². The van der Waals surface area contributed by atoms with Gasteiger partial charge in [-0.05, 0) is 100 Å². The van der Waals surface area contributed by atoms with Crippen molar-refractivity contribution in [2.24, 2.45) is 40.4 Å². The van der Waals surface area contributed by atoms with Crippen LogP contribution in [0.3, 0.4) is 0 Å². The predicted molar refractivity (Wildman–Crippen MR) is 153 cm³/mol. The smallest absolute Gasteiger partial charge is 0.133 e. The van der Waals surface area contributed by atoms with Gasteiger partial charge >= 0.3 is 0 Å². The molecule has 256 valence electrons. The van der Waals surface area contributed by atoms with E-state index in [2.05, 4.69) is 32.6 Å². The summed E-state index contributed by atoms with van der Waals surface area (Å²) in [5, 5.41) is 61.8. The first-order chi connectivity index (χ1) is 20.7. The van der Waals surface area contributed by atoms with Gasteiger partial charge in [-0.1, -0.05) is 13.8 Å². The Balaban J connectivity index is 0.000000302. The van der Waals surface area contributed by atoms with Gasteiger partial charge in [0.1, 0.15) is 11.4 Å². The lowest BCUT2D eigenvalue weighted by molar-refractivity contribution is -0.339. The summed E-state index contributed by atoms with van der Waals surface area (Å²) in [6.45, 7) is 13.2. The monoisotopic (exact) mass is 636 g/mol. The SMILES string of the molecule is CC(=O)[C@H]1CC[C@H]2[C@@H]3CC[C@H]4C[C@H](O)[C@@H](N5CCOC(C)(C)C5)C[C@]4(C)[C@H]3[C@@H](O)C[C@]12C.O=C([O-])CC(O)(CC(=O)[O-])C(=O)[O-]. The van der Waals surface area contributed by atoms with Crippen LogP contribution in [0, 0.1) is 40.4 Å². The summed E-state index contributed by atoms with van der Waals surface area (Å²) in [7, 11) is 0. The fourth-order valence-corrected chi connectivity index (χ4v) is 10.5. The van der Waals surface area contributed by atoms with E-state index in [0.717, 1.165) is 64.6 Å². The Labute approximate surface area is 265 Å². The standard InChI is InChI=1S/C27H45NO4.C6H8O7/c1-16(29)19-8-9-20-18-7-6-17-12-22(30)21(28-10-11-32-25(2,3)15-28)13-26(17,4)24(18)23(31)14-27(19,20)5;7-3(8)1-6(13,5(11)12)2-4(9)10/h17-24,30-31H,6-15H2,1-5H3;13H,1-2H2,(H,7,8)(H,9,10)(H,11,12)/p-3/t17-,18-,19+,20-,21-,22-,23-,24+,26-,27+;/m0./s1. The maximum absolute atomic E-state index is 12.4. The molecule has 1 heterocycles. The van der Waals surface area contributed by atoms with Crippen molar-refractivity contribution >= 4 is 23.7 Å². The van der Waals surface area contributed by atoms with Crippen LogP contribution < -0.4 is 15.3 Å². The van der Waals surface area contributed by atoms with Crippen LogP contribution in [0.4, 0.5) is 0 Å². The van der Waals surface area contributed by atoms with Crippen LogP contribution in [0.25, 0.3) is 0 Å². The topological polar surface area (TPSA) is 211 Å². The number of aliphatic carboxylic acids is 3. The highest BCUT2D eigenvalue weighted by Crippen LogP contribution is 2.67. The first-order valence-electron chi connectivity index (χ1n) is 16.3. The fourth-order valence-electron chi connectivity index (χ4n) is 10.5. The molecular weight excluding hydrogens is 586 g/mol. The number of carboxylic acids is 3. The van der Waals surface area contributed by atoms with Gasteiger partial charge < -0.3 is 49.8 Å². The van der Waals surface area contributed by atoms with Gasteiger partial charge in [0, 0.05) is 49.8 Å². The van der Waals surface area contributed by atoms with Gasteiger partial charge in [0.05, 0.1) is 30.4 Å². The fraction of sp³-hybridized carbons (Fsp3) is 0.879. The minimum atomic E-state index is -2.97. The van der Waals surface area contributed by atoms with Crippen molar-refractivity contribution in [3.8, 4) is 0 Å². The van der Waals surface area contributed by atoms with Crippen molar-refractivity contribution in [2.45, 2.75) is 122 Å². The number of carbonyl (C=O) groups is 4. The van der Waals surface area contributed by atoms with Gasteiger partial charge in [0.15, 0.2) is 0 Å². The summed E-state index contributed by atoms with van der Waals surface area (Å²) in [6, 6.07) is 0.146. The molecule has 5 fully saturated rings. The van der Waals surface area contributed by atoms with E-state index < -0.39 is 36.4 Å². The van der Waals surface area contributed by atoms with Crippen molar-refractivity contribution in [1.82, 2.24) is 4.90 Å². The highest BCUT2D eigenvalue weighted by atomic mass is 16.5. The molecule has 0 unspecified atom stereocenters. The number of carboxylic acid groups (broad SMARTS) is 3. The molecule has 10 atom stereocenters. The lowest BCUT2D eigenvalue weighted by Gasteiger charge is -2.64. The van der Waals surface area contributed by atoms with Crippen molar-refractivity contribution in [3.05, 3.63) is 0 Å². The van der Waals surface area contributed by atoms with Crippen LogP contribution in [0.5, 0.6) is 0 Å². The van der Waals surface area contributed by atoms with Crippen LogP contribution >= 0.6 is 0 Å². The minimum Gasteiger partial charge on any atom is -0.550 e. The van der Waals surface area contributed by atoms with Crippen molar-refractivity contribution in [1.29, 1.82) is 0 Å². The third kappa shape index (κ3) is 6.95. The Morgan fingerprint density at radius 2 is 1.51 bits per heavy atom. The molecule has 5 rings (SSSR count). The first-order valence-corrected chi connectivity index (χ1v) is 16.3. The number of hydrogen-bond donors (Lipinski definition) is 3. The Morgan fingerprint density at radius 3 is 2.04 bits per heavy atom. The Kier molecular flexibility index (Phi) is 10.2. The van der Waals surface area contributed by atoms with Gasteiger partial charge in [-0.15, -0.1) is 0 Å². The lowest BCUT2D eigenvalue weighted by Crippen LogP contribution is -2.64. The van der Waals surface area contributed by atoms with Crippen LogP contribution in [0.15, 0.2) is 0 Å². The van der Waals surface area contributed by atoms with Crippen LogP contribution in [0.1, 0.15) is 92.4 Å². The highest BCUT2D eigenvalue weighted by Gasteiger charge is 2.64. The number of morpholine rings is 1. The number of ketones is 1. The van der Waals surface area contributed by atoms with E-state index in [9.17, 15) is 44.7 Å². The summed E-state index contributed by atoms with van der Waals surface area (Å²) in [4.78, 5) is 44.9. The lowest BCUT2D eigenvalue weighted by atomic mass is 9.43. The molecular formula is C33H50NO11-3. The third-order valence-electron chi connectivity index (χ3n) is 12.3. The Bertz CT molecular complexity index is 1140. The highest BCUT2D eigenvalue weighted by molar-refractivity contribution is 5.86. The van der Waals surface area contributed by atoms with Gasteiger partial charge in [-0.2, -0.15) is 0 Å². The number of rotatable bonds is 7. The Hall–Kier alpha value is -2.12. The van der Waals surface area contributed by atoms with E-state index in [1.807, 2.05) is 0 Å². The van der Waals surface area contributed by atoms with E-state index in [1.54, 1.807) is 6.92 Å². The molecule has 0 aromatic heterocycles.